The molecule has 4 aromatic carbocycles. The van der Waals surface area contributed by atoms with E-state index >= 15 is 0 Å². The highest BCUT2D eigenvalue weighted by molar-refractivity contribution is 6.04. The van der Waals surface area contributed by atoms with E-state index in [1.807, 2.05) is 24.5 Å². The van der Waals surface area contributed by atoms with E-state index in [9.17, 15) is 0 Å². The lowest BCUT2D eigenvalue weighted by Gasteiger charge is -2.23. The van der Waals surface area contributed by atoms with Gasteiger partial charge in [0.25, 0.3) is 0 Å². The van der Waals surface area contributed by atoms with Crippen molar-refractivity contribution in [3.8, 4) is 33.6 Å². The van der Waals surface area contributed by atoms with E-state index in [0.29, 0.717) is 0 Å². The van der Waals surface area contributed by atoms with E-state index in [1.165, 1.54) is 33.4 Å². The number of benzene rings is 4. The molecule has 0 N–H and O–H groups in total. The third-order valence-electron chi connectivity index (χ3n) is 9.78. The fraction of sp³-hybridized carbons (Fsp3) is 0.122. The molecule has 9 rings (SSSR count). The summed E-state index contributed by atoms with van der Waals surface area (Å²) in [4.78, 5) is 19.7. The van der Waals surface area contributed by atoms with Gasteiger partial charge in [-0.05, 0) is 83.6 Å². The molecule has 45 heavy (non-hydrogen) atoms. The molecule has 8 aromatic rings. The maximum Gasteiger partial charge on any atom is 0.0972 e. The zero-order valence-electron chi connectivity index (χ0n) is 25.7. The third kappa shape index (κ3) is 3.78. The zero-order chi connectivity index (χ0) is 30.4. The molecule has 4 heteroatoms. The fourth-order valence-electron chi connectivity index (χ4n) is 7.34. The first-order chi connectivity index (χ1) is 21.9. The van der Waals surface area contributed by atoms with Gasteiger partial charge in [0.1, 0.15) is 0 Å². The molecule has 0 amide bonds. The van der Waals surface area contributed by atoms with Crippen LogP contribution in [0.2, 0.25) is 0 Å². The van der Waals surface area contributed by atoms with Gasteiger partial charge < -0.3 is 0 Å². The van der Waals surface area contributed by atoms with Crippen LogP contribution in [0.4, 0.5) is 0 Å². The van der Waals surface area contributed by atoms with Crippen molar-refractivity contribution in [2.75, 3.05) is 0 Å². The minimum Gasteiger partial charge on any atom is -0.254 e. The predicted molar refractivity (Wildman–Crippen MR) is 186 cm³/mol. The quantitative estimate of drug-likeness (QED) is 0.192. The zero-order valence-corrected chi connectivity index (χ0v) is 25.7. The van der Waals surface area contributed by atoms with Gasteiger partial charge >= 0.3 is 0 Å². The SMILES string of the molecule is Cc1cc2c(cc1-c1ccc3ccc4cccnc4c3n1)C(C)(C)c1cc(-c3ccc4ccc5cccnc5c4n3)c(C)cc1-2. The first-order valence-electron chi connectivity index (χ1n) is 15.5. The summed E-state index contributed by atoms with van der Waals surface area (Å²) in [6.45, 7) is 9.08. The summed E-state index contributed by atoms with van der Waals surface area (Å²) in [5.74, 6) is 0. The van der Waals surface area contributed by atoms with Crippen LogP contribution in [0.5, 0.6) is 0 Å². The Hall–Kier alpha value is -5.48. The second-order valence-electron chi connectivity index (χ2n) is 12.9. The summed E-state index contributed by atoms with van der Waals surface area (Å²) in [6, 6.07) is 34.7. The molecule has 1 aliphatic rings. The molecular weight excluding hydrogens is 548 g/mol. The highest BCUT2D eigenvalue weighted by atomic mass is 14.8. The molecule has 0 saturated heterocycles. The fourth-order valence-corrected chi connectivity index (χ4v) is 7.34. The molecule has 0 saturated carbocycles. The maximum atomic E-state index is 5.20. The van der Waals surface area contributed by atoms with Crippen LogP contribution in [-0.2, 0) is 5.41 Å². The first-order valence-corrected chi connectivity index (χ1v) is 15.5. The molecule has 0 spiro atoms. The number of pyridine rings is 4. The van der Waals surface area contributed by atoms with Crippen LogP contribution in [0.15, 0.2) is 109 Å². The smallest absolute Gasteiger partial charge is 0.0972 e. The number of aromatic nitrogens is 4. The van der Waals surface area contributed by atoms with Gasteiger partial charge in [0.15, 0.2) is 0 Å². The third-order valence-corrected chi connectivity index (χ3v) is 9.78. The Kier molecular flexibility index (Phi) is 5.34. The van der Waals surface area contributed by atoms with Crippen LogP contribution in [-0.4, -0.2) is 19.9 Å². The molecule has 0 fully saturated rings. The Morgan fingerprint density at radius 2 is 0.844 bits per heavy atom. The average Bonchev–Trinajstić information content (AvgIpc) is 3.27. The first kappa shape index (κ1) is 26.0. The molecular formula is C41H30N4. The van der Waals surface area contributed by atoms with Crippen LogP contribution in [0.3, 0.4) is 0 Å². The second-order valence-corrected chi connectivity index (χ2v) is 12.9. The molecule has 0 atom stereocenters. The van der Waals surface area contributed by atoms with E-state index in [2.05, 4.69) is 123 Å². The van der Waals surface area contributed by atoms with Crippen LogP contribution in [0.1, 0.15) is 36.1 Å². The number of nitrogens with zero attached hydrogens (tertiary/aromatic N) is 4. The Morgan fingerprint density at radius 1 is 0.444 bits per heavy atom. The van der Waals surface area contributed by atoms with Crippen molar-refractivity contribution >= 4 is 43.6 Å². The lowest BCUT2D eigenvalue weighted by atomic mass is 9.80. The van der Waals surface area contributed by atoms with Crippen LogP contribution >= 0.6 is 0 Å². The molecule has 0 radical (unpaired) electrons. The van der Waals surface area contributed by atoms with E-state index < -0.39 is 0 Å². The summed E-state index contributed by atoms with van der Waals surface area (Å²) < 4.78 is 0. The summed E-state index contributed by atoms with van der Waals surface area (Å²) in [6.07, 6.45) is 3.69. The van der Waals surface area contributed by atoms with Gasteiger partial charge in [-0.2, -0.15) is 0 Å². The van der Waals surface area contributed by atoms with Gasteiger partial charge in [-0.3, -0.25) is 9.97 Å². The molecule has 214 valence electrons. The maximum absolute atomic E-state index is 5.20. The van der Waals surface area contributed by atoms with Gasteiger partial charge in [0, 0.05) is 50.5 Å². The Morgan fingerprint density at radius 3 is 1.29 bits per heavy atom. The van der Waals surface area contributed by atoms with Gasteiger partial charge in [0.05, 0.1) is 33.5 Å². The summed E-state index contributed by atoms with van der Waals surface area (Å²) >= 11 is 0. The van der Waals surface area contributed by atoms with Crippen molar-refractivity contribution in [2.24, 2.45) is 0 Å². The largest absolute Gasteiger partial charge is 0.254 e. The van der Waals surface area contributed by atoms with E-state index in [4.69, 9.17) is 9.97 Å². The molecule has 0 bridgehead atoms. The average molecular weight is 579 g/mol. The lowest BCUT2D eigenvalue weighted by Crippen LogP contribution is -2.15. The van der Waals surface area contributed by atoms with Crippen molar-refractivity contribution < 1.29 is 0 Å². The van der Waals surface area contributed by atoms with Crippen molar-refractivity contribution in [3.05, 3.63) is 132 Å². The van der Waals surface area contributed by atoms with Gasteiger partial charge in [-0.15, -0.1) is 0 Å². The summed E-state index contributed by atoms with van der Waals surface area (Å²) in [5.41, 5.74) is 15.6. The van der Waals surface area contributed by atoms with Crippen molar-refractivity contribution in [1.82, 2.24) is 19.9 Å². The van der Waals surface area contributed by atoms with Crippen LogP contribution in [0, 0.1) is 13.8 Å². The number of hydrogen-bond acceptors (Lipinski definition) is 4. The standard InChI is InChI=1S/C41H30N4/c1-23-19-31-32-20-24(2)30(36-16-14-28-12-10-26-8-6-18-43-38(26)40(28)45-36)22-34(32)41(3,4)33(31)21-29(23)35-15-13-27-11-9-25-7-5-17-42-37(25)39(27)44-35/h5-22H,1-4H3. The Balaban J connectivity index is 1.19. The number of rotatable bonds is 2. The molecule has 4 heterocycles. The van der Waals surface area contributed by atoms with Crippen molar-refractivity contribution in [1.29, 1.82) is 0 Å². The highest BCUT2D eigenvalue weighted by Crippen LogP contribution is 2.52. The summed E-state index contributed by atoms with van der Waals surface area (Å²) in [5, 5.41) is 4.41. The molecule has 4 nitrogen and oxygen atoms in total. The minimum atomic E-state index is -0.189. The predicted octanol–water partition coefficient (Wildman–Crippen LogP) is 10.1. The Bertz CT molecular complexity index is 2370. The number of fused-ring (bicyclic) bond motifs is 9. The van der Waals surface area contributed by atoms with Gasteiger partial charge in [-0.25, -0.2) is 9.97 Å². The van der Waals surface area contributed by atoms with Crippen molar-refractivity contribution in [3.63, 3.8) is 0 Å². The normalized spacial score (nSPS) is 13.5. The van der Waals surface area contributed by atoms with Crippen LogP contribution in [0.25, 0.3) is 77.3 Å². The summed E-state index contributed by atoms with van der Waals surface area (Å²) in [7, 11) is 0. The lowest BCUT2D eigenvalue weighted by molar-refractivity contribution is 0.660. The molecule has 0 unspecified atom stereocenters. The highest BCUT2D eigenvalue weighted by Gasteiger charge is 2.37. The number of aryl methyl sites for hydroxylation is 2. The Labute approximate surface area is 261 Å². The van der Waals surface area contributed by atoms with E-state index in [-0.39, 0.29) is 5.41 Å². The van der Waals surface area contributed by atoms with Crippen LogP contribution < -0.4 is 0 Å². The van der Waals surface area contributed by atoms with Gasteiger partial charge in [0.2, 0.25) is 0 Å². The van der Waals surface area contributed by atoms with Crippen molar-refractivity contribution in [2.45, 2.75) is 33.1 Å². The number of hydrogen-bond donors (Lipinski definition) is 0. The monoisotopic (exact) mass is 578 g/mol. The molecule has 0 aliphatic heterocycles. The van der Waals surface area contributed by atoms with E-state index in [1.54, 1.807) is 0 Å². The second kappa shape index (κ2) is 9.26. The van der Waals surface area contributed by atoms with Gasteiger partial charge in [-0.1, -0.05) is 74.5 Å². The minimum absolute atomic E-state index is 0.189. The van der Waals surface area contributed by atoms with E-state index in [0.717, 1.165) is 66.1 Å². The topological polar surface area (TPSA) is 51.6 Å². The molecule has 1 aliphatic carbocycles. The molecule has 4 aromatic heterocycles.